The van der Waals surface area contributed by atoms with Crippen LogP contribution in [0.1, 0.15) is 23.1 Å². The number of aromatic nitrogens is 5. The van der Waals surface area contributed by atoms with Crippen LogP contribution in [0.4, 0.5) is 0 Å². The van der Waals surface area contributed by atoms with E-state index in [9.17, 15) is 4.79 Å². The monoisotopic (exact) mass is 278 g/mol. The average molecular weight is 278 g/mol. The van der Waals surface area contributed by atoms with Crippen molar-refractivity contribution in [3.05, 3.63) is 17.6 Å². The first-order valence-corrected chi connectivity index (χ1v) is 6.78. The Kier molecular flexibility index (Phi) is 3.79. The van der Waals surface area contributed by atoms with Crippen molar-refractivity contribution >= 4 is 29.4 Å². The van der Waals surface area contributed by atoms with Crippen molar-refractivity contribution in [3.8, 4) is 0 Å². The fourth-order valence-corrected chi connectivity index (χ4v) is 1.80. The molecular weight excluding hydrogens is 264 g/mol. The highest BCUT2D eigenvalue weighted by Gasteiger charge is 2.15. The number of fused-ring (bicyclic) bond motifs is 1. The summed E-state index contributed by atoms with van der Waals surface area (Å²) in [6, 6.07) is 0. The van der Waals surface area contributed by atoms with Crippen molar-refractivity contribution in [3.63, 3.8) is 0 Å². The molecule has 0 saturated heterocycles. The zero-order valence-corrected chi connectivity index (χ0v) is 12.0. The van der Waals surface area contributed by atoms with Crippen LogP contribution in [0.2, 0.25) is 0 Å². The van der Waals surface area contributed by atoms with E-state index in [0.29, 0.717) is 16.6 Å². The normalized spacial score (nSPS) is 11.4. The highest BCUT2D eigenvalue weighted by atomic mass is 32.2. The van der Waals surface area contributed by atoms with Crippen molar-refractivity contribution in [1.29, 1.82) is 0 Å². The van der Waals surface area contributed by atoms with E-state index in [-0.39, 0.29) is 11.5 Å². The third-order valence-corrected chi connectivity index (χ3v) is 2.87. The van der Waals surface area contributed by atoms with E-state index < -0.39 is 0 Å². The summed E-state index contributed by atoms with van der Waals surface area (Å²) in [7, 11) is 3.79. The van der Waals surface area contributed by atoms with E-state index in [4.69, 9.17) is 0 Å². The molecule has 0 fully saturated rings. The predicted molar refractivity (Wildman–Crippen MR) is 73.1 cm³/mol. The fraction of sp³-hybridized carbons (Fsp3) is 0.364. The van der Waals surface area contributed by atoms with E-state index in [1.807, 2.05) is 31.5 Å². The Morgan fingerprint density at radius 1 is 1.37 bits per heavy atom. The van der Waals surface area contributed by atoms with E-state index in [2.05, 4.69) is 20.3 Å². The van der Waals surface area contributed by atoms with Gasteiger partial charge in [0.25, 0.3) is 5.78 Å². The van der Waals surface area contributed by atoms with Gasteiger partial charge >= 0.3 is 0 Å². The second-order valence-corrected chi connectivity index (χ2v) is 4.85. The third kappa shape index (κ3) is 2.73. The summed E-state index contributed by atoms with van der Waals surface area (Å²) in [5.41, 5.74) is 0.863. The van der Waals surface area contributed by atoms with Gasteiger partial charge in [-0.05, 0) is 12.3 Å². The van der Waals surface area contributed by atoms with Crippen molar-refractivity contribution in [2.45, 2.75) is 12.1 Å². The molecule has 0 amide bonds. The SMILES string of the molecule is CSc1nc2nnc(C(C)=O)c(/C=C/N(C)C)n2n1. The average Bonchev–Trinajstić information content (AvgIpc) is 2.78. The maximum atomic E-state index is 11.6. The minimum absolute atomic E-state index is 0.158. The minimum Gasteiger partial charge on any atom is -0.383 e. The minimum atomic E-state index is -0.158. The van der Waals surface area contributed by atoms with Crippen LogP contribution >= 0.6 is 11.8 Å². The summed E-state index contributed by atoms with van der Waals surface area (Å²) >= 11 is 1.41. The lowest BCUT2D eigenvalue weighted by Gasteiger charge is -2.05. The molecule has 2 heterocycles. The van der Waals surface area contributed by atoms with E-state index in [1.54, 1.807) is 6.08 Å². The summed E-state index contributed by atoms with van der Waals surface area (Å²) in [5.74, 6) is 0.224. The van der Waals surface area contributed by atoms with Crippen molar-refractivity contribution in [1.82, 2.24) is 29.7 Å². The Bertz CT molecular complexity index is 648. The second-order valence-electron chi connectivity index (χ2n) is 4.08. The number of nitrogens with zero attached hydrogens (tertiary/aromatic N) is 6. The van der Waals surface area contributed by atoms with Gasteiger partial charge < -0.3 is 4.90 Å². The van der Waals surface area contributed by atoms with Crippen LogP contribution in [0, 0.1) is 0 Å². The number of Topliss-reactive ketones (excluding diaryl/α,β-unsaturated/α-hetero) is 1. The fourth-order valence-electron chi connectivity index (χ4n) is 1.46. The molecule has 2 aromatic heterocycles. The summed E-state index contributed by atoms with van der Waals surface area (Å²) in [5, 5.41) is 12.7. The number of hydrogen-bond acceptors (Lipinski definition) is 7. The van der Waals surface area contributed by atoms with Crippen LogP contribution in [0.3, 0.4) is 0 Å². The van der Waals surface area contributed by atoms with Crippen molar-refractivity contribution < 1.29 is 4.79 Å². The molecule has 0 spiro atoms. The van der Waals surface area contributed by atoms with Crippen LogP contribution in [0.15, 0.2) is 11.4 Å². The van der Waals surface area contributed by atoms with Crippen LogP contribution in [0.5, 0.6) is 0 Å². The summed E-state index contributed by atoms with van der Waals surface area (Å²) < 4.78 is 1.54. The molecule has 0 aromatic carbocycles. The van der Waals surface area contributed by atoms with Gasteiger partial charge in [-0.1, -0.05) is 11.8 Å². The zero-order chi connectivity index (χ0) is 14.0. The predicted octanol–water partition coefficient (Wildman–Crippen LogP) is 0.976. The Balaban J connectivity index is 2.68. The Hall–Kier alpha value is -1.96. The molecule has 0 unspecified atom stereocenters. The molecule has 7 nitrogen and oxygen atoms in total. The summed E-state index contributed by atoms with van der Waals surface area (Å²) in [6.07, 6.45) is 5.48. The highest BCUT2D eigenvalue weighted by Crippen LogP contribution is 2.14. The smallest absolute Gasteiger partial charge is 0.273 e. The lowest BCUT2D eigenvalue weighted by molar-refractivity contribution is 0.101. The first-order valence-electron chi connectivity index (χ1n) is 5.56. The Morgan fingerprint density at radius 2 is 2.11 bits per heavy atom. The van der Waals surface area contributed by atoms with Gasteiger partial charge in [0.1, 0.15) is 5.69 Å². The molecule has 0 radical (unpaired) electrons. The van der Waals surface area contributed by atoms with Gasteiger partial charge in [0.05, 0.1) is 0 Å². The van der Waals surface area contributed by atoms with Crippen LogP contribution in [-0.2, 0) is 0 Å². The molecule has 0 aliphatic heterocycles. The second kappa shape index (κ2) is 5.35. The number of carbonyl (C=O) groups is 1. The standard InChI is InChI=1S/C11H14N6OS/c1-7(18)9-8(5-6-16(2)3)17-10(14-13-9)12-11(15-17)19-4/h5-6H,1-4H3/b6-5+. The number of ketones is 1. The molecule has 2 aromatic rings. The first kappa shape index (κ1) is 13.5. The molecule has 0 atom stereocenters. The number of thioether (sulfide) groups is 1. The van der Waals surface area contributed by atoms with Gasteiger partial charge in [-0.15, -0.1) is 15.3 Å². The topological polar surface area (TPSA) is 76.3 Å². The van der Waals surface area contributed by atoms with Gasteiger partial charge in [-0.2, -0.15) is 9.50 Å². The zero-order valence-electron chi connectivity index (χ0n) is 11.2. The molecule has 8 heteroatoms. The highest BCUT2D eigenvalue weighted by molar-refractivity contribution is 7.98. The van der Waals surface area contributed by atoms with E-state index in [0.717, 1.165) is 0 Å². The summed E-state index contributed by atoms with van der Waals surface area (Å²) in [6.45, 7) is 1.45. The Morgan fingerprint density at radius 3 is 2.68 bits per heavy atom. The Labute approximate surface area is 114 Å². The van der Waals surface area contributed by atoms with Gasteiger partial charge in [-0.3, -0.25) is 4.79 Å². The number of carbonyl (C=O) groups excluding carboxylic acids is 1. The molecule has 0 saturated carbocycles. The summed E-state index contributed by atoms with van der Waals surface area (Å²) in [4.78, 5) is 17.7. The third-order valence-electron chi connectivity index (χ3n) is 2.33. The lowest BCUT2D eigenvalue weighted by atomic mass is 10.2. The molecule has 0 bridgehead atoms. The maximum Gasteiger partial charge on any atom is 0.273 e. The van der Waals surface area contributed by atoms with E-state index >= 15 is 0 Å². The lowest BCUT2D eigenvalue weighted by Crippen LogP contribution is -2.10. The number of hydrogen-bond donors (Lipinski definition) is 0. The first-order chi connectivity index (χ1) is 9.02. The largest absolute Gasteiger partial charge is 0.383 e. The molecule has 0 aliphatic carbocycles. The van der Waals surface area contributed by atoms with Gasteiger partial charge in [0.2, 0.25) is 5.16 Å². The molecule has 0 aliphatic rings. The van der Waals surface area contributed by atoms with E-state index in [1.165, 1.54) is 23.2 Å². The number of rotatable bonds is 4. The maximum absolute atomic E-state index is 11.6. The van der Waals surface area contributed by atoms with Crippen molar-refractivity contribution in [2.75, 3.05) is 20.4 Å². The molecule has 2 rings (SSSR count). The van der Waals surface area contributed by atoms with Crippen molar-refractivity contribution in [2.24, 2.45) is 0 Å². The molecule has 0 N–H and O–H groups in total. The van der Waals surface area contributed by atoms with Crippen LogP contribution in [0.25, 0.3) is 11.9 Å². The quantitative estimate of drug-likeness (QED) is 0.609. The van der Waals surface area contributed by atoms with Gasteiger partial charge in [-0.25, -0.2) is 0 Å². The molecular formula is C11H14N6OS. The molecule has 19 heavy (non-hydrogen) atoms. The van der Waals surface area contributed by atoms with Crippen LogP contribution in [-0.4, -0.2) is 55.8 Å². The van der Waals surface area contributed by atoms with Crippen LogP contribution < -0.4 is 0 Å². The molecule has 100 valence electrons. The van der Waals surface area contributed by atoms with Gasteiger partial charge in [0.15, 0.2) is 11.5 Å². The van der Waals surface area contributed by atoms with Gasteiger partial charge in [0, 0.05) is 27.2 Å².